The summed E-state index contributed by atoms with van der Waals surface area (Å²) < 4.78 is 0. The van der Waals surface area contributed by atoms with Gasteiger partial charge in [0.25, 0.3) is 0 Å². The lowest BCUT2D eigenvalue weighted by Crippen LogP contribution is -2.27. The molecular weight excluding hydrogens is 174 g/mol. The Labute approximate surface area is 88.1 Å². The van der Waals surface area contributed by atoms with E-state index in [-0.39, 0.29) is 6.10 Å². The van der Waals surface area contributed by atoms with Crippen LogP contribution in [0.4, 0.5) is 0 Å². The first-order valence-electron chi connectivity index (χ1n) is 6.21. The largest absolute Gasteiger partial charge is 0.393 e. The number of hydrogen-bond acceptors (Lipinski definition) is 2. The number of hydrogen-bond donors (Lipinski definition) is 2. The fourth-order valence-corrected chi connectivity index (χ4v) is 2.17. The first-order chi connectivity index (χ1) is 6.83. The van der Waals surface area contributed by atoms with Crippen LogP contribution in [0.5, 0.6) is 0 Å². The van der Waals surface area contributed by atoms with Crippen LogP contribution in [0.2, 0.25) is 0 Å². The normalized spacial score (nSPS) is 21.0. The molecule has 84 valence electrons. The molecule has 0 aromatic heterocycles. The molecule has 0 heterocycles. The van der Waals surface area contributed by atoms with E-state index in [0.717, 1.165) is 31.8 Å². The first kappa shape index (κ1) is 12.0. The lowest BCUT2D eigenvalue weighted by Gasteiger charge is -2.22. The number of aliphatic hydroxyl groups excluding tert-OH is 1. The number of rotatable bonds is 6. The van der Waals surface area contributed by atoms with Crippen molar-refractivity contribution in [1.82, 2.24) is 5.32 Å². The molecule has 1 unspecified atom stereocenters. The molecule has 0 bridgehead atoms. The van der Waals surface area contributed by atoms with Crippen molar-refractivity contribution in [1.29, 1.82) is 0 Å². The smallest absolute Gasteiger partial charge is 0.0549 e. The molecule has 2 N–H and O–H groups in total. The van der Waals surface area contributed by atoms with Gasteiger partial charge in [-0.15, -0.1) is 0 Å². The second kappa shape index (κ2) is 7.24. The molecule has 14 heavy (non-hydrogen) atoms. The highest BCUT2D eigenvalue weighted by Gasteiger charge is 2.12. The standard InChI is InChI=1S/C12H25NO/c1-2-12(14)8-9-13-10-11-6-4-3-5-7-11/h11-14H,2-10H2,1H3. The predicted molar refractivity (Wildman–Crippen MR) is 60.4 cm³/mol. The molecule has 1 aliphatic carbocycles. The van der Waals surface area contributed by atoms with E-state index in [9.17, 15) is 5.11 Å². The van der Waals surface area contributed by atoms with E-state index < -0.39 is 0 Å². The summed E-state index contributed by atoms with van der Waals surface area (Å²) in [5.74, 6) is 0.905. The highest BCUT2D eigenvalue weighted by atomic mass is 16.3. The molecule has 1 rings (SSSR count). The van der Waals surface area contributed by atoms with Gasteiger partial charge in [0.2, 0.25) is 0 Å². The van der Waals surface area contributed by atoms with Gasteiger partial charge in [-0.1, -0.05) is 26.2 Å². The molecule has 1 atom stereocenters. The van der Waals surface area contributed by atoms with Crippen molar-refractivity contribution in [3.05, 3.63) is 0 Å². The van der Waals surface area contributed by atoms with Gasteiger partial charge in [0.15, 0.2) is 0 Å². The fraction of sp³-hybridized carbons (Fsp3) is 1.00. The van der Waals surface area contributed by atoms with Gasteiger partial charge in [-0.25, -0.2) is 0 Å². The third-order valence-electron chi connectivity index (χ3n) is 3.28. The maximum atomic E-state index is 9.35. The third-order valence-corrected chi connectivity index (χ3v) is 3.28. The summed E-state index contributed by atoms with van der Waals surface area (Å²) in [6.45, 7) is 4.17. The van der Waals surface area contributed by atoms with Crippen molar-refractivity contribution < 1.29 is 5.11 Å². The van der Waals surface area contributed by atoms with Crippen LogP contribution in [0, 0.1) is 5.92 Å². The van der Waals surface area contributed by atoms with Crippen molar-refractivity contribution in [2.24, 2.45) is 5.92 Å². The molecule has 1 fully saturated rings. The molecule has 0 radical (unpaired) electrons. The van der Waals surface area contributed by atoms with Gasteiger partial charge < -0.3 is 10.4 Å². The Morgan fingerprint density at radius 2 is 2.00 bits per heavy atom. The minimum Gasteiger partial charge on any atom is -0.393 e. The van der Waals surface area contributed by atoms with Crippen LogP contribution >= 0.6 is 0 Å². The average Bonchev–Trinajstić information content (AvgIpc) is 2.25. The van der Waals surface area contributed by atoms with Crippen molar-refractivity contribution in [2.75, 3.05) is 13.1 Å². The van der Waals surface area contributed by atoms with Crippen molar-refractivity contribution in [3.63, 3.8) is 0 Å². The van der Waals surface area contributed by atoms with Crippen LogP contribution < -0.4 is 5.32 Å². The van der Waals surface area contributed by atoms with Crippen molar-refractivity contribution in [2.45, 2.75) is 58.0 Å². The van der Waals surface area contributed by atoms with Gasteiger partial charge in [-0.2, -0.15) is 0 Å². The predicted octanol–water partition coefficient (Wildman–Crippen LogP) is 2.32. The molecule has 0 aromatic carbocycles. The topological polar surface area (TPSA) is 32.3 Å². The summed E-state index contributed by atoms with van der Waals surface area (Å²) in [5, 5.41) is 12.8. The van der Waals surface area contributed by atoms with E-state index in [2.05, 4.69) is 5.32 Å². The zero-order valence-corrected chi connectivity index (χ0v) is 9.47. The lowest BCUT2D eigenvalue weighted by atomic mass is 9.89. The summed E-state index contributed by atoms with van der Waals surface area (Å²) in [7, 11) is 0. The van der Waals surface area contributed by atoms with Crippen LogP contribution in [-0.2, 0) is 0 Å². The van der Waals surface area contributed by atoms with E-state index in [1.165, 1.54) is 32.1 Å². The van der Waals surface area contributed by atoms with Gasteiger partial charge in [0, 0.05) is 0 Å². The van der Waals surface area contributed by atoms with Crippen LogP contribution in [0.15, 0.2) is 0 Å². The minimum absolute atomic E-state index is 0.103. The molecule has 0 saturated heterocycles. The molecule has 2 heteroatoms. The fourth-order valence-electron chi connectivity index (χ4n) is 2.17. The monoisotopic (exact) mass is 199 g/mol. The second-order valence-electron chi connectivity index (χ2n) is 4.56. The minimum atomic E-state index is -0.103. The number of aliphatic hydroxyl groups is 1. The van der Waals surface area contributed by atoms with Crippen LogP contribution in [-0.4, -0.2) is 24.3 Å². The number of nitrogens with one attached hydrogen (secondary N) is 1. The van der Waals surface area contributed by atoms with Gasteiger partial charge >= 0.3 is 0 Å². The molecule has 2 nitrogen and oxygen atoms in total. The highest BCUT2D eigenvalue weighted by Crippen LogP contribution is 2.22. The van der Waals surface area contributed by atoms with Crippen molar-refractivity contribution >= 4 is 0 Å². The van der Waals surface area contributed by atoms with E-state index in [0.29, 0.717) is 0 Å². The van der Waals surface area contributed by atoms with Crippen LogP contribution in [0.25, 0.3) is 0 Å². The summed E-state index contributed by atoms with van der Waals surface area (Å²) in [6, 6.07) is 0. The lowest BCUT2D eigenvalue weighted by molar-refractivity contribution is 0.159. The van der Waals surface area contributed by atoms with Gasteiger partial charge in [-0.3, -0.25) is 0 Å². The molecule has 0 spiro atoms. The molecular formula is C12H25NO. The summed E-state index contributed by atoms with van der Waals surface area (Å²) in [4.78, 5) is 0. The van der Waals surface area contributed by atoms with E-state index in [1.807, 2.05) is 6.92 Å². The molecule has 0 aromatic rings. The molecule has 1 aliphatic rings. The molecule has 1 saturated carbocycles. The Balaban J connectivity index is 1.92. The summed E-state index contributed by atoms with van der Waals surface area (Å²) in [5.41, 5.74) is 0. The Hall–Kier alpha value is -0.0800. The maximum absolute atomic E-state index is 9.35. The van der Waals surface area contributed by atoms with E-state index in [4.69, 9.17) is 0 Å². The maximum Gasteiger partial charge on any atom is 0.0549 e. The van der Waals surface area contributed by atoms with Gasteiger partial charge in [0.05, 0.1) is 6.10 Å². The first-order valence-corrected chi connectivity index (χ1v) is 6.21. The second-order valence-corrected chi connectivity index (χ2v) is 4.56. The quantitative estimate of drug-likeness (QED) is 0.643. The summed E-state index contributed by atoms with van der Waals surface area (Å²) in [6.07, 6.45) is 8.77. The van der Waals surface area contributed by atoms with Crippen molar-refractivity contribution in [3.8, 4) is 0 Å². The highest BCUT2D eigenvalue weighted by molar-refractivity contribution is 4.68. The molecule has 0 aliphatic heterocycles. The molecule has 0 amide bonds. The van der Waals surface area contributed by atoms with E-state index in [1.54, 1.807) is 0 Å². The van der Waals surface area contributed by atoms with E-state index >= 15 is 0 Å². The van der Waals surface area contributed by atoms with Gasteiger partial charge in [0.1, 0.15) is 0 Å². The zero-order chi connectivity index (χ0) is 10.2. The van der Waals surface area contributed by atoms with Gasteiger partial charge in [-0.05, 0) is 44.7 Å². The van der Waals surface area contributed by atoms with Crippen LogP contribution in [0.1, 0.15) is 51.9 Å². The SMILES string of the molecule is CCC(O)CCNCC1CCCCC1. The zero-order valence-electron chi connectivity index (χ0n) is 9.47. The average molecular weight is 199 g/mol. The van der Waals surface area contributed by atoms with Crippen LogP contribution in [0.3, 0.4) is 0 Å². The Kier molecular flexibility index (Phi) is 6.20. The Bertz CT molecular complexity index is 132. The Morgan fingerprint density at radius 1 is 1.29 bits per heavy atom. The summed E-state index contributed by atoms with van der Waals surface area (Å²) >= 11 is 0. The third kappa shape index (κ3) is 4.97. The Morgan fingerprint density at radius 3 is 2.64 bits per heavy atom.